The molecule has 2 aliphatic rings. The molecule has 21 heavy (non-hydrogen) atoms. The second kappa shape index (κ2) is 7.87. The number of likely N-dealkylation sites (N-methyl/N-ethyl adjacent to an activating group) is 1. The van der Waals surface area contributed by atoms with E-state index in [1.54, 1.807) is 0 Å². The minimum atomic E-state index is 0. The van der Waals surface area contributed by atoms with E-state index in [-0.39, 0.29) is 36.6 Å². The summed E-state index contributed by atoms with van der Waals surface area (Å²) >= 11 is 0. The summed E-state index contributed by atoms with van der Waals surface area (Å²) in [6.45, 7) is 6.68. The van der Waals surface area contributed by atoms with E-state index >= 15 is 0 Å². The molecule has 1 atom stereocenters. The quantitative estimate of drug-likeness (QED) is 0.903. The highest BCUT2D eigenvalue weighted by molar-refractivity contribution is 5.99. The molecule has 2 heterocycles. The van der Waals surface area contributed by atoms with Crippen LogP contribution >= 0.6 is 24.8 Å². The highest BCUT2D eigenvalue weighted by Crippen LogP contribution is 2.33. The smallest absolute Gasteiger partial charge is 0.231 e. The molecule has 0 radical (unpaired) electrons. The standard InChI is InChI=1S/C15H21N3O.2ClH/c1-2-17-9-10-18(14-6-4-3-5-13(14)17)15(19)12-7-8-16-11-12;;/h3-6,12,16H,2,7-11H2,1H3;2*1H. The van der Waals surface area contributed by atoms with Gasteiger partial charge in [-0.05, 0) is 32.0 Å². The Hall–Kier alpha value is -0.970. The van der Waals surface area contributed by atoms with E-state index in [1.807, 2.05) is 17.0 Å². The lowest BCUT2D eigenvalue weighted by Crippen LogP contribution is -2.46. The summed E-state index contributed by atoms with van der Waals surface area (Å²) < 4.78 is 0. The number of halogens is 2. The maximum Gasteiger partial charge on any atom is 0.231 e. The van der Waals surface area contributed by atoms with Gasteiger partial charge < -0.3 is 15.1 Å². The summed E-state index contributed by atoms with van der Waals surface area (Å²) in [5, 5.41) is 3.28. The number of anilines is 2. The third-order valence-corrected chi connectivity index (χ3v) is 4.16. The molecule has 1 unspecified atom stereocenters. The van der Waals surface area contributed by atoms with E-state index in [1.165, 1.54) is 5.69 Å². The van der Waals surface area contributed by atoms with E-state index in [0.29, 0.717) is 0 Å². The van der Waals surface area contributed by atoms with Crippen molar-refractivity contribution >= 4 is 42.1 Å². The molecule has 1 aromatic rings. The van der Waals surface area contributed by atoms with Gasteiger partial charge >= 0.3 is 0 Å². The van der Waals surface area contributed by atoms with Crippen LogP contribution in [0.2, 0.25) is 0 Å². The molecule has 3 rings (SSSR count). The topological polar surface area (TPSA) is 35.6 Å². The molecule has 118 valence electrons. The number of carbonyl (C=O) groups excluding carboxylic acids is 1. The number of carbonyl (C=O) groups is 1. The summed E-state index contributed by atoms with van der Waals surface area (Å²) in [6.07, 6.45) is 0.967. The predicted molar refractivity (Wildman–Crippen MR) is 92.2 cm³/mol. The van der Waals surface area contributed by atoms with Crippen molar-refractivity contribution in [2.75, 3.05) is 42.5 Å². The largest absolute Gasteiger partial charge is 0.368 e. The van der Waals surface area contributed by atoms with Crippen molar-refractivity contribution < 1.29 is 4.79 Å². The van der Waals surface area contributed by atoms with Crippen LogP contribution in [0.4, 0.5) is 11.4 Å². The second-order valence-corrected chi connectivity index (χ2v) is 5.25. The summed E-state index contributed by atoms with van der Waals surface area (Å²) in [4.78, 5) is 17.0. The predicted octanol–water partition coefficient (Wildman–Crippen LogP) is 2.31. The summed E-state index contributed by atoms with van der Waals surface area (Å²) in [5.41, 5.74) is 2.27. The molecule has 1 aromatic carbocycles. The number of rotatable bonds is 2. The molecule has 6 heteroatoms. The fourth-order valence-corrected chi connectivity index (χ4v) is 3.06. The van der Waals surface area contributed by atoms with Crippen molar-refractivity contribution in [1.82, 2.24) is 5.32 Å². The van der Waals surface area contributed by atoms with E-state index in [2.05, 4.69) is 29.3 Å². The number of nitrogens with one attached hydrogen (secondary N) is 1. The van der Waals surface area contributed by atoms with Crippen LogP contribution in [0.15, 0.2) is 24.3 Å². The van der Waals surface area contributed by atoms with E-state index < -0.39 is 0 Å². The van der Waals surface area contributed by atoms with E-state index in [0.717, 1.165) is 44.8 Å². The van der Waals surface area contributed by atoms with Crippen molar-refractivity contribution in [3.63, 3.8) is 0 Å². The number of hydrogen-bond acceptors (Lipinski definition) is 3. The van der Waals surface area contributed by atoms with Gasteiger partial charge in [0.05, 0.1) is 17.3 Å². The van der Waals surface area contributed by atoms with E-state index in [9.17, 15) is 4.79 Å². The monoisotopic (exact) mass is 331 g/mol. The van der Waals surface area contributed by atoms with E-state index in [4.69, 9.17) is 0 Å². The van der Waals surface area contributed by atoms with Gasteiger partial charge in [-0.1, -0.05) is 12.1 Å². The van der Waals surface area contributed by atoms with Crippen molar-refractivity contribution in [2.45, 2.75) is 13.3 Å². The van der Waals surface area contributed by atoms with Crippen molar-refractivity contribution in [1.29, 1.82) is 0 Å². The Balaban J connectivity index is 0.00000110. The van der Waals surface area contributed by atoms with Crippen LogP contribution in [0.3, 0.4) is 0 Å². The Labute approximate surface area is 138 Å². The highest BCUT2D eigenvalue weighted by Gasteiger charge is 2.31. The average Bonchev–Trinajstić information content (AvgIpc) is 2.99. The van der Waals surface area contributed by atoms with Crippen LogP contribution in [0, 0.1) is 5.92 Å². The van der Waals surface area contributed by atoms with Gasteiger partial charge in [0, 0.05) is 26.2 Å². The third kappa shape index (κ3) is 3.44. The molecule has 4 nitrogen and oxygen atoms in total. The first-order valence-electron chi connectivity index (χ1n) is 7.17. The summed E-state index contributed by atoms with van der Waals surface area (Å²) in [7, 11) is 0. The van der Waals surface area contributed by atoms with Gasteiger partial charge in [0.1, 0.15) is 0 Å². The number of fused-ring (bicyclic) bond motifs is 1. The van der Waals surface area contributed by atoms with Crippen LogP contribution in [-0.2, 0) is 4.79 Å². The minimum Gasteiger partial charge on any atom is -0.368 e. The first-order chi connectivity index (χ1) is 9.31. The molecule has 0 aromatic heterocycles. The Morgan fingerprint density at radius 3 is 2.57 bits per heavy atom. The Morgan fingerprint density at radius 2 is 1.95 bits per heavy atom. The maximum atomic E-state index is 12.6. The average molecular weight is 332 g/mol. The first-order valence-corrected chi connectivity index (χ1v) is 7.17. The SMILES string of the molecule is CCN1CCN(C(=O)C2CCNC2)c2ccccc21.Cl.Cl. The molecule has 0 spiro atoms. The van der Waals surface area contributed by atoms with Crippen LogP contribution in [0.1, 0.15) is 13.3 Å². The molecule has 0 saturated carbocycles. The maximum absolute atomic E-state index is 12.6. The molecular formula is C15H23Cl2N3O. The highest BCUT2D eigenvalue weighted by atomic mass is 35.5. The van der Waals surface area contributed by atoms with Gasteiger partial charge in [-0.3, -0.25) is 4.79 Å². The van der Waals surface area contributed by atoms with Gasteiger partial charge in [-0.15, -0.1) is 24.8 Å². The van der Waals surface area contributed by atoms with Crippen molar-refractivity contribution in [3.8, 4) is 0 Å². The zero-order valence-corrected chi connectivity index (χ0v) is 13.9. The molecule has 1 N–H and O–H groups in total. The lowest BCUT2D eigenvalue weighted by molar-refractivity contribution is -0.121. The first kappa shape index (κ1) is 18.1. The fourth-order valence-electron chi connectivity index (χ4n) is 3.06. The van der Waals surface area contributed by atoms with Crippen molar-refractivity contribution in [3.05, 3.63) is 24.3 Å². The van der Waals surface area contributed by atoms with Gasteiger partial charge in [-0.25, -0.2) is 0 Å². The van der Waals surface area contributed by atoms with Crippen LogP contribution in [0.5, 0.6) is 0 Å². The Kier molecular flexibility index (Phi) is 6.78. The zero-order chi connectivity index (χ0) is 13.2. The number of nitrogens with zero attached hydrogens (tertiary/aromatic N) is 2. The molecule has 1 amide bonds. The number of amides is 1. The summed E-state index contributed by atoms with van der Waals surface area (Å²) in [6, 6.07) is 8.25. The molecule has 1 saturated heterocycles. The Bertz CT molecular complexity index is 478. The van der Waals surface area contributed by atoms with Gasteiger partial charge in [0.2, 0.25) is 5.91 Å². The second-order valence-electron chi connectivity index (χ2n) is 5.25. The number of hydrogen-bond donors (Lipinski definition) is 1. The van der Waals surface area contributed by atoms with Crippen LogP contribution < -0.4 is 15.1 Å². The Morgan fingerprint density at radius 1 is 1.24 bits per heavy atom. The minimum absolute atomic E-state index is 0. The lowest BCUT2D eigenvalue weighted by atomic mass is 10.1. The van der Waals surface area contributed by atoms with Gasteiger partial charge in [0.25, 0.3) is 0 Å². The lowest BCUT2D eigenvalue weighted by Gasteiger charge is -2.38. The molecule has 2 aliphatic heterocycles. The molecule has 0 aliphatic carbocycles. The molecule has 1 fully saturated rings. The normalized spacial score (nSPS) is 20.3. The third-order valence-electron chi connectivity index (χ3n) is 4.16. The zero-order valence-electron chi connectivity index (χ0n) is 12.2. The number of para-hydroxylation sites is 2. The molecular weight excluding hydrogens is 309 g/mol. The van der Waals surface area contributed by atoms with Crippen LogP contribution in [-0.4, -0.2) is 38.6 Å². The van der Waals surface area contributed by atoms with Crippen LogP contribution in [0.25, 0.3) is 0 Å². The van der Waals surface area contributed by atoms with Crippen molar-refractivity contribution in [2.24, 2.45) is 5.92 Å². The van der Waals surface area contributed by atoms with Gasteiger partial charge in [0.15, 0.2) is 0 Å². The summed E-state index contributed by atoms with van der Waals surface area (Å²) in [5.74, 6) is 0.439. The van der Waals surface area contributed by atoms with Gasteiger partial charge in [-0.2, -0.15) is 0 Å². The molecule has 0 bridgehead atoms. The number of benzene rings is 1. The fraction of sp³-hybridized carbons (Fsp3) is 0.533.